The van der Waals surface area contributed by atoms with Crippen LogP contribution in [0.5, 0.6) is 0 Å². The first kappa shape index (κ1) is 45.5. The molecule has 4 aliphatic heterocycles. The number of hydrogen-bond donors (Lipinski definition) is 15. The predicted octanol–water partition coefficient (Wildman–Crippen LogP) is -8.99. The second-order valence-electron chi connectivity index (χ2n) is 13.0. The average Bonchev–Trinajstić information content (AvgIpc) is 3.59. The molecule has 0 aliphatic carbocycles. The molecule has 316 valence electrons. The van der Waals surface area contributed by atoms with Crippen molar-refractivity contribution in [3.05, 3.63) is 35.9 Å². The van der Waals surface area contributed by atoms with Crippen molar-refractivity contribution in [2.75, 3.05) is 39.6 Å². The summed E-state index contributed by atoms with van der Waals surface area (Å²) in [5, 5.41) is 146. The highest BCUT2D eigenvalue weighted by Crippen LogP contribution is 2.37. The minimum Gasteiger partial charge on any atom is -0.394 e. The fourth-order valence-corrected chi connectivity index (χ4v) is 6.03. The van der Waals surface area contributed by atoms with Crippen molar-refractivity contribution in [1.29, 1.82) is 0 Å². The molecule has 0 saturated carbocycles. The molecule has 55 heavy (non-hydrogen) atoms. The number of benzene rings is 1. The fraction of sp³-hybridized carbons (Fsp3) is 0.774. The van der Waals surface area contributed by atoms with E-state index < -0.39 is 155 Å². The van der Waals surface area contributed by atoms with Crippen LogP contribution in [0.1, 0.15) is 10.4 Å². The van der Waals surface area contributed by atoms with Crippen LogP contribution < -0.4 is 0 Å². The first-order valence-electron chi connectivity index (χ1n) is 16.8. The van der Waals surface area contributed by atoms with E-state index in [0.29, 0.717) is 0 Å². The van der Waals surface area contributed by atoms with Gasteiger partial charge in [0, 0.05) is 0 Å². The maximum Gasteiger partial charge on any atom is 0.373 e. The van der Waals surface area contributed by atoms with Gasteiger partial charge in [-0.15, -0.1) is 0 Å². The van der Waals surface area contributed by atoms with E-state index in [4.69, 9.17) is 43.5 Å². The standard InChI is InChI=1S/C19H26O13.C12H22O11/c20-6-10-13(23)16(26)19(8-21,30-10)31-18-15(25)14(24)12(22)11(29-18)7-28-32-17(27)9-4-2-1-3-5-9;13-1-4-6(16)8(18)9(19)11(21-4)23-12(3-15)10(20)7(17)5(2-14)22-12/h1-5,10-16,18,20-26H,6-8H2;4-11,13-20H,1-3H2/t10-,11-,12-,13-,14+,15-,16+,18-,19+;4-,5-,6-,7-,8+,9-,10+,11-,12+/m11/s1. The van der Waals surface area contributed by atoms with Gasteiger partial charge in [0.05, 0.1) is 25.4 Å². The van der Waals surface area contributed by atoms with E-state index in [-0.39, 0.29) is 5.56 Å². The lowest BCUT2D eigenvalue weighted by Gasteiger charge is -2.43. The Kier molecular flexibility index (Phi) is 16.1. The van der Waals surface area contributed by atoms with Crippen LogP contribution in [-0.4, -0.2) is 232 Å². The summed E-state index contributed by atoms with van der Waals surface area (Å²) in [5.41, 5.74) is 0.198. The second-order valence-corrected chi connectivity index (χ2v) is 13.0. The Morgan fingerprint density at radius 2 is 0.964 bits per heavy atom. The molecular weight excluding hydrogens is 756 g/mol. The lowest BCUT2D eigenvalue weighted by atomic mass is 9.99. The summed E-state index contributed by atoms with van der Waals surface area (Å²) in [6.07, 6.45) is -25.9. The van der Waals surface area contributed by atoms with Gasteiger partial charge in [0.2, 0.25) is 11.6 Å². The maximum atomic E-state index is 11.9. The van der Waals surface area contributed by atoms with Gasteiger partial charge in [-0.25, -0.2) is 4.79 Å². The fourth-order valence-electron chi connectivity index (χ4n) is 6.03. The highest BCUT2D eigenvalue weighted by atomic mass is 17.2. The summed E-state index contributed by atoms with van der Waals surface area (Å²) < 4.78 is 31.4. The Hall–Kier alpha value is -2.19. The van der Waals surface area contributed by atoms with Gasteiger partial charge in [-0.3, -0.25) is 4.89 Å². The molecule has 1 aromatic rings. The third-order valence-electron chi connectivity index (χ3n) is 9.34. The molecule has 15 N–H and O–H groups in total. The summed E-state index contributed by atoms with van der Waals surface area (Å²) in [7, 11) is 0. The molecule has 24 heteroatoms. The normalized spacial score (nSPS) is 44.5. The molecule has 4 fully saturated rings. The molecule has 1 aromatic carbocycles. The molecule has 4 saturated heterocycles. The van der Waals surface area contributed by atoms with Crippen LogP contribution in [0, 0.1) is 0 Å². The molecule has 0 aromatic heterocycles. The molecule has 0 radical (unpaired) electrons. The molecule has 4 aliphatic rings. The molecule has 0 amide bonds. The predicted molar refractivity (Wildman–Crippen MR) is 168 cm³/mol. The van der Waals surface area contributed by atoms with Crippen LogP contribution in [0.25, 0.3) is 0 Å². The summed E-state index contributed by atoms with van der Waals surface area (Å²) in [4.78, 5) is 21.3. The van der Waals surface area contributed by atoms with E-state index >= 15 is 0 Å². The van der Waals surface area contributed by atoms with Crippen LogP contribution in [0.4, 0.5) is 0 Å². The van der Waals surface area contributed by atoms with E-state index in [0.717, 1.165) is 0 Å². The number of carbonyl (C=O) groups excluding carboxylic acids is 1. The number of ether oxygens (including phenoxy) is 6. The topological polar surface area (TPSA) is 394 Å². The van der Waals surface area contributed by atoms with Crippen LogP contribution in [0.15, 0.2) is 30.3 Å². The molecule has 5 rings (SSSR count). The van der Waals surface area contributed by atoms with Gasteiger partial charge in [-0.2, -0.15) is 4.89 Å². The van der Waals surface area contributed by atoms with E-state index in [1.54, 1.807) is 18.2 Å². The zero-order chi connectivity index (χ0) is 40.8. The van der Waals surface area contributed by atoms with Gasteiger partial charge in [0.25, 0.3) is 0 Å². The van der Waals surface area contributed by atoms with Gasteiger partial charge in [-0.05, 0) is 12.1 Å². The monoisotopic (exact) mass is 804 g/mol. The van der Waals surface area contributed by atoms with Gasteiger partial charge < -0.3 is 105 Å². The van der Waals surface area contributed by atoms with Crippen molar-refractivity contribution < 1.29 is 120 Å². The Bertz CT molecular complexity index is 1330. The van der Waals surface area contributed by atoms with E-state index in [1.165, 1.54) is 12.1 Å². The zero-order valence-corrected chi connectivity index (χ0v) is 28.7. The van der Waals surface area contributed by atoms with Crippen molar-refractivity contribution in [3.63, 3.8) is 0 Å². The molecule has 0 bridgehead atoms. The third-order valence-corrected chi connectivity index (χ3v) is 9.34. The average molecular weight is 805 g/mol. The van der Waals surface area contributed by atoms with Crippen molar-refractivity contribution in [1.82, 2.24) is 0 Å². The molecule has 18 atom stereocenters. The Labute approximate surface area is 310 Å². The van der Waals surface area contributed by atoms with Gasteiger partial charge in [-0.1, -0.05) is 18.2 Å². The summed E-state index contributed by atoms with van der Waals surface area (Å²) in [5.74, 6) is -5.35. The summed E-state index contributed by atoms with van der Waals surface area (Å²) in [6.45, 7) is -4.62. The highest BCUT2D eigenvalue weighted by Gasteiger charge is 2.60. The highest BCUT2D eigenvalue weighted by molar-refractivity contribution is 5.88. The van der Waals surface area contributed by atoms with Crippen molar-refractivity contribution in [2.24, 2.45) is 0 Å². The van der Waals surface area contributed by atoms with E-state index in [2.05, 4.69) is 4.89 Å². The van der Waals surface area contributed by atoms with Crippen LogP contribution in [-0.2, 0) is 38.2 Å². The Morgan fingerprint density at radius 3 is 1.36 bits per heavy atom. The summed E-state index contributed by atoms with van der Waals surface area (Å²) >= 11 is 0. The maximum absolute atomic E-state index is 11.9. The largest absolute Gasteiger partial charge is 0.394 e. The number of aliphatic hydroxyl groups excluding tert-OH is 15. The molecular formula is C31H48O24. The number of rotatable bonds is 13. The van der Waals surface area contributed by atoms with E-state index in [1.807, 2.05) is 0 Å². The van der Waals surface area contributed by atoms with Crippen LogP contribution >= 0.6 is 0 Å². The number of hydrogen-bond acceptors (Lipinski definition) is 24. The smallest absolute Gasteiger partial charge is 0.373 e. The minimum absolute atomic E-state index is 0.198. The van der Waals surface area contributed by atoms with Gasteiger partial charge in [0.15, 0.2) is 12.6 Å². The number of aliphatic hydroxyl groups is 15. The van der Waals surface area contributed by atoms with Gasteiger partial charge in [0.1, 0.15) is 105 Å². The Balaban J connectivity index is 0.000000258. The van der Waals surface area contributed by atoms with Gasteiger partial charge >= 0.3 is 5.97 Å². The summed E-state index contributed by atoms with van der Waals surface area (Å²) in [6, 6.07) is 7.88. The molecule has 0 unspecified atom stereocenters. The Morgan fingerprint density at radius 1 is 0.545 bits per heavy atom. The number of carbonyl (C=O) groups is 1. The zero-order valence-electron chi connectivity index (χ0n) is 28.7. The molecule has 4 heterocycles. The quantitative estimate of drug-likeness (QED) is 0.0650. The lowest BCUT2D eigenvalue weighted by Crippen LogP contribution is -2.62. The minimum atomic E-state index is -2.30. The lowest BCUT2D eigenvalue weighted by molar-refractivity contribution is -0.390. The SMILES string of the molecule is O=C(OOC[C@H]1O[C@H](O[C@]2(CO)O[C@H](CO)[C@@H](O)[C@@H]2O)[C@H](O)[C@@H](O)[C@@H]1O)c1ccccc1.OC[C@H]1O[C@@](CO)(O[C@H]2O[C@H](CO)[C@@H](O)[C@H](O)[C@H]2O)[C@@H](O)[C@@H]1O. The van der Waals surface area contributed by atoms with Crippen molar-refractivity contribution >= 4 is 5.97 Å². The van der Waals surface area contributed by atoms with E-state index in [9.17, 15) is 71.2 Å². The van der Waals surface area contributed by atoms with Crippen molar-refractivity contribution in [2.45, 2.75) is 110 Å². The first-order valence-corrected chi connectivity index (χ1v) is 16.8. The third kappa shape index (κ3) is 9.58. The van der Waals surface area contributed by atoms with Crippen LogP contribution in [0.2, 0.25) is 0 Å². The first-order chi connectivity index (χ1) is 26.0. The second kappa shape index (κ2) is 19.5. The van der Waals surface area contributed by atoms with Crippen LogP contribution in [0.3, 0.4) is 0 Å². The molecule has 0 spiro atoms. The van der Waals surface area contributed by atoms with Crippen molar-refractivity contribution in [3.8, 4) is 0 Å². The molecule has 24 nitrogen and oxygen atoms in total.